The zero-order valence-corrected chi connectivity index (χ0v) is 20.5. The number of nitrogens with one attached hydrogen (secondary N) is 2. The largest absolute Gasteiger partial charge is 0.331 e. The van der Waals surface area contributed by atoms with Gasteiger partial charge in [0.2, 0.25) is 0 Å². The number of amides is 1. The fraction of sp³-hybridized carbons (Fsp3) is 0.192. The van der Waals surface area contributed by atoms with Crippen LogP contribution in [0.1, 0.15) is 34.2 Å². The number of aromatic nitrogens is 2. The topological polar surface area (TPSA) is 112 Å². The maximum Gasteiger partial charge on any atom is 0.261 e. The second kappa shape index (κ2) is 9.71. The molecule has 3 aromatic carbocycles. The molecule has 4 aromatic rings. The summed E-state index contributed by atoms with van der Waals surface area (Å²) >= 11 is 0. The third-order valence-corrected chi connectivity index (χ3v) is 7.10. The normalized spacial score (nSPS) is 11.4. The third-order valence-electron chi connectivity index (χ3n) is 5.72. The number of nitrogens with zero attached hydrogens (tertiary/aromatic N) is 2. The molecular weight excluding hydrogens is 464 g/mol. The maximum atomic E-state index is 13.4. The van der Waals surface area contributed by atoms with E-state index in [4.69, 9.17) is 0 Å². The minimum absolute atomic E-state index is 0.0136. The van der Waals surface area contributed by atoms with Crippen LogP contribution in [0.5, 0.6) is 0 Å². The van der Waals surface area contributed by atoms with Gasteiger partial charge in [-0.15, -0.1) is 0 Å². The summed E-state index contributed by atoms with van der Waals surface area (Å²) in [5, 5.41) is 0.473. The van der Waals surface area contributed by atoms with E-state index >= 15 is 0 Å². The molecule has 0 radical (unpaired) electrons. The lowest BCUT2D eigenvalue weighted by atomic mass is 10.1. The summed E-state index contributed by atoms with van der Waals surface area (Å²) in [6.45, 7) is 5.90. The number of hydrogen-bond donors (Lipinski definition) is 2. The molecule has 0 unspecified atom stereocenters. The highest BCUT2D eigenvalue weighted by molar-refractivity contribution is 7.92. The molecule has 0 saturated heterocycles. The summed E-state index contributed by atoms with van der Waals surface area (Å²) in [7, 11) is -3.90. The molecule has 0 fully saturated rings. The van der Waals surface area contributed by atoms with Crippen LogP contribution >= 0.6 is 0 Å². The number of aromatic amines is 1. The SMILES string of the molecule is CCN(Cc1nc2ccccc2c(=O)[nH]1)C(=O)c1cc(S(=O)(=O)Nc2ccc(C)cc2)ccc1C. The van der Waals surface area contributed by atoms with Gasteiger partial charge in [0, 0.05) is 17.8 Å². The number of rotatable bonds is 7. The van der Waals surface area contributed by atoms with Crippen molar-refractivity contribution in [2.45, 2.75) is 32.2 Å². The van der Waals surface area contributed by atoms with Gasteiger partial charge in [0.15, 0.2) is 0 Å². The first kappa shape index (κ1) is 24.2. The highest BCUT2D eigenvalue weighted by atomic mass is 32.2. The third kappa shape index (κ3) is 5.25. The minimum atomic E-state index is -3.90. The van der Waals surface area contributed by atoms with Crippen molar-refractivity contribution < 1.29 is 13.2 Å². The van der Waals surface area contributed by atoms with E-state index in [2.05, 4.69) is 14.7 Å². The van der Waals surface area contributed by atoms with Crippen molar-refractivity contribution >= 4 is 32.5 Å². The molecule has 0 aliphatic rings. The highest BCUT2D eigenvalue weighted by Gasteiger charge is 2.22. The van der Waals surface area contributed by atoms with Gasteiger partial charge >= 0.3 is 0 Å². The number of H-pyrrole nitrogens is 1. The second-order valence-corrected chi connectivity index (χ2v) is 9.98. The predicted octanol–water partition coefficient (Wildman–Crippen LogP) is 4.00. The number of para-hydroxylation sites is 1. The molecule has 0 saturated carbocycles. The molecule has 1 aromatic heterocycles. The Morgan fingerprint density at radius 3 is 2.46 bits per heavy atom. The van der Waals surface area contributed by atoms with E-state index in [9.17, 15) is 18.0 Å². The number of fused-ring (bicyclic) bond motifs is 1. The lowest BCUT2D eigenvalue weighted by molar-refractivity contribution is 0.0747. The maximum absolute atomic E-state index is 13.4. The second-order valence-electron chi connectivity index (χ2n) is 8.30. The van der Waals surface area contributed by atoms with Gasteiger partial charge in [-0.2, -0.15) is 0 Å². The first-order valence-electron chi connectivity index (χ1n) is 11.2. The molecule has 1 amide bonds. The van der Waals surface area contributed by atoms with Crippen LogP contribution in [-0.2, 0) is 16.6 Å². The van der Waals surface area contributed by atoms with Crippen molar-refractivity contribution in [1.82, 2.24) is 14.9 Å². The fourth-order valence-corrected chi connectivity index (χ4v) is 4.81. The Labute approximate surface area is 203 Å². The molecule has 180 valence electrons. The molecule has 9 heteroatoms. The Hall–Kier alpha value is -3.98. The van der Waals surface area contributed by atoms with Crippen LogP contribution in [-0.4, -0.2) is 35.7 Å². The molecule has 0 aliphatic carbocycles. The number of anilines is 1. The van der Waals surface area contributed by atoms with Crippen LogP contribution in [0.4, 0.5) is 5.69 Å². The molecule has 0 atom stereocenters. The number of sulfonamides is 1. The van der Waals surface area contributed by atoms with Gasteiger partial charge in [-0.25, -0.2) is 13.4 Å². The predicted molar refractivity (Wildman–Crippen MR) is 136 cm³/mol. The Morgan fingerprint density at radius 1 is 1.03 bits per heavy atom. The number of carbonyl (C=O) groups is 1. The van der Waals surface area contributed by atoms with Crippen LogP contribution in [0.25, 0.3) is 10.9 Å². The molecule has 2 N–H and O–H groups in total. The minimum Gasteiger partial charge on any atom is -0.331 e. The van der Waals surface area contributed by atoms with Crippen molar-refractivity contribution in [3.05, 3.63) is 99.6 Å². The van der Waals surface area contributed by atoms with Gasteiger partial charge < -0.3 is 9.88 Å². The van der Waals surface area contributed by atoms with E-state index in [1.807, 2.05) is 26.0 Å². The van der Waals surface area contributed by atoms with Crippen molar-refractivity contribution in [3.8, 4) is 0 Å². The van der Waals surface area contributed by atoms with Crippen LogP contribution in [0.3, 0.4) is 0 Å². The molecule has 0 spiro atoms. The van der Waals surface area contributed by atoms with Gasteiger partial charge in [-0.1, -0.05) is 35.9 Å². The quantitative estimate of drug-likeness (QED) is 0.407. The van der Waals surface area contributed by atoms with Gasteiger partial charge in [-0.05, 0) is 62.7 Å². The molecule has 1 heterocycles. The van der Waals surface area contributed by atoms with E-state index in [1.54, 1.807) is 49.4 Å². The number of benzene rings is 3. The van der Waals surface area contributed by atoms with Gasteiger partial charge in [0.05, 0.1) is 22.3 Å². The van der Waals surface area contributed by atoms with E-state index < -0.39 is 10.0 Å². The van der Waals surface area contributed by atoms with E-state index in [-0.39, 0.29) is 28.5 Å². The van der Waals surface area contributed by atoms with Crippen molar-refractivity contribution in [3.63, 3.8) is 0 Å². The van der Waals surface area contributed by atoms with Gasteiger partial charge in [0.1, 0.15) is 5.82 Å². The Kier molecular flexibility index (Phi) is 6.70. The molecule has 4 rings (SSSR count). The summed E-state index contributed by atoms with van der Waals surface area (Å²) in [6, 6.07) is 18.4. The van der Waals surface area contributed by atoms with E-state index in [0.717, 1.165) is 5.56 Å². The van der Waals surface area contributed by atoms with E-state index in [0.29, 0.717) is 34.5 Å². The molecular formula is C26H26N4O4S. The van der Waals surface area contributed by atoms with Gasteiger partial charge in [-0.3, -0.25) is 14.3 Å². The van der Waals surface area contributed by atoms with Crippen LogP contribution in [0.2, 0.25) is 0 Å². The molecule has 0 aliphatic heterocycles. The van der Waals surface area contributed by atoms with E-state index in [1.165, 1.54) is 17.0 Å². The zero-order chi connectivity index (χ0) is 25.2. The average molecular weight is 491 g/mol. The van der Waals surface area contributed by atoms with Crippen molar-refractivity contribution in [1.29, 1.82) is 0 Å². The highest BCUT2D eigenvalue weighted by Crippen LogP contribution is 2.21. The number of hydrogen-bond acceptors (Lipinski definition) is 5. The standard InChI is InChI=1S/C26H26N4O4S/c1-4-30(16-24-27-23-8-6-5-7-21(23)25(31)28-24)26(32)22-15-20(14-11-18(22)3)35(33,34)29-19-12-9-17(2)10-13-19/h5-15,29H,4,16H2,1-3H3,(H,27,28,31). The zero-order valence-electron chi connectivity index (χ0n) is 19.7. The lowest BCUT2D eigenvalue weighted by Crippen LogP contribution is -2.32. The smallest absolute Gasteiger partial charge is 0.261 e. The fourth-order valence-electron chi connectivity index (χ4n) is 3.72. The molecule has 8 nitrogen and oxygen atoms in total. The summed E-state index contributed by atoms with van der Waals surface area (Å²) in [4.78, 5) is 34.5. The van der Waals surface area contributed by atoms with Crippen LogP contribution in [0, 0.1) is 13.8 Å². The van der Waals surface area contributed by atoms with Crippen molar-refractivity contribution in [2.75, 3.05) is 11.3 Å². The van der Waals surface area contributed by atoms with Crippen LogP contribution < -0.4 is 10.3 Å². The Bertz CT molecular complexity index is 1560. The lowest BCUT2D eigenvalue weighted by Gasteiger charge is -2.22. The Morgan fingerprint density at radius 2 is 1.74 bits per heavy atom. The molecule has 35 heavy (non-hydrogen) atoms. The summed E-state index contributed by atoms with van der Waals surface area (Å²) in [5.41, 5.74) is 2.62. The molecule has 0 bridgehead atoms. The first-order chi connectivity index (χ1) is 16.7. The summed E-state index contributed by atoms with van der Waals surface area (Å²) < 4.78 is 28.5. The number of aryl methyl sites for hydroxylation is 2. The summed E-state index contributed by atoms with van der Waals surface area (Å²) in [6.07, 6.45) is 0. The average Bonchev–Trinajstić information content (AvgIpc) is 2.83. The monoisotopic (exact) mass is 490 g/mol. The van der Waals surface area contributed by atoms with Crippen LogP contribution in [0.15, 0.2) is 76.4 Å². The first-order valence-corrected chi connectivity index (χ1v) is 12.6. The number of carbonyl (C=O) groups excluding carboxylic acids is 1. The summed E-state index contributed by atoms with van der Waals surface area (Å²) in [5.74, 6) is -0.000407. The van der Waals surface area contributed by atoms with Crippen molar-refractivity contribution in [2.24, 2.45) is 0 Å². The Balaban J connectivity index is 1.62. The van der Waals surface area contributed by atoms with Gasteiger partial charge in [0.25, 0.3) is 21.5 Å².